The number of benzene rings is 3. The SMILES string of the molecule is O=C(C=Cc1ccc(O)cc1)c1ccc(NS(=O)(=O)c2ccc(O)cc2)cc1. The molecule has 0 aliphatic carbocycles. The molecule has 6 nitrogen and oxygen atoms in total. The number of sulfonamides is 1. The van der Waals surface area contributed by atoms with Gasteiger partial charge in [-0.3, -0.25) is 9.52 Å². The van der Waals surface area contributed by atoms with Crippen molar-refractivity contribution in [2.45, 2.75) is 4.90 Å². The average Bonchev–Trinajstić information content (AvgIpc) is 2.68. The van der Waals surface area contributed by atoms with Gasteiger partial charge in [-0.25, -0.2) is 8.42 Å². The van der Waals surface area contributed by atoms with Gasteiger partial charge < -0.3 is 10.2 Å². The number of aromatic hydroxyl groups is 2. The molecule has 3 aromatic rings. The molecule has 3 rings (SSSR count). The van der Waals surface area contributed by atoms with Crippen LogP contribution in [-0.4, -0.2) is 24.4 Å². The van der Waals surface area contributed by atoms with Crippen LogP contribution >= 0.6 is 0 Å². The van der Waals surface area contributed by atoms with Crippen LogP contribution in [0, 0.1) is 0 Å². The molecule has 142 valence electrons. The maximum atomic E-state index is 12.3. The van der Waals surface area contributed by atoms with Crippen LogP contribution in [0.25, 0.3) is 6.08 Å². The summed E-state index contributed by atoms with van der Waals surface area (Å²) in [5, 5.41) is 18.5. The molecule has 28 heavy (non-hydrogen) atoms. The standard InChI is InChI=1S/C21H17NO5S/c23-18-8-1-15(2-9-18)3-14-21(25)16-4-6-17(7-5-16)22-28(26,27)20-12-10-19(24)11-13-20/h1-14,22-24H. The lowest BCUT2D eigenvalue weighted by molar-refractivity contribution is 0.104. The van der Waals surface area contributed by atoms with Crippen molar-refractivity contribution in [2.75, 3.05) is 4.72 Å². The molecule has 0 unspecified atom stereocenters. The number of carbonyl (C=O) groups is 1. The van der Waals surface area contributed by atoms with Gasteiger partial charge in [0, 0.05) is 11.3 Å². The molecule has 0 saturated heterocycles. The lowest BCUT2D eigenvalue weighted by Crippen LogP contribution is -2.12. The molecular weight excluding hydrogens is 378 g/mol. The Balaban J connectivity index is 1.69. The maximum Gasteiger partial charge on any atom is 0.261 e. The Bertz CT molecular complexity index is 1100. The zero-order valence-corrected chi connectivity index (χ0v) is 15.4. The molecule has 0 atom stereocenters. The highest BCUT2D eigenvalue weighted by Crippen LogP contribution is 2.19. The summed E-state index contributed by atoms with van der Waals surface area (Å²) in [6.07, 6.45) is 3.03. The fourth-order valence-electron chi connectivity index (χ4n) is 2.40. The van der Waals surface area contributed by atoms with E-state index < -0.39 is 10.0 Å². The molecule has 0 aromatic heterocycles. The fourth-order valence-corrected chi connectivity index (χ4v) is 3.45. The Morgan fingerprint density at radius 2 is 1.32 bits per heavy atom. The largest absolute Gasteiger partial charge is 0.508 e. The average molecular weight is 395 g/mol. The van der Waals surface area contributed by atoms with E-state index in [2.05, 4.69) is 4.72 Å². The third-order valence-electron chi connectivity index (χ3n) is 3.89. The molecule has 3 N–H and O–H groups in total. The normalized spacial score (nSPS) is 11.4. The van der Waals surface area contributed by atoms with Crippen molar-refractivity contribution in [1.29, 1.82) is 0 Å². The minimum atomic E-state index is -3.79. The number of ketones is 1. The number of phenolic OH excluding ortho intramolecular Hbond substituents is 2. The number of anilines is 1. The van der Waals surface area contributed by atoms with E-state index >= 15 is 0 Å². The molecule has 0 fully saturated rings. The Kier molecular flexibility index (Phi) is 5.47. The zero-order chi connectivity index (χ0) is 20.1. The molecule has 0 aliphatic heterocycles. The number of nitrogens with one attached hydrogen (secondary N) is 1. The third kappa shape index (κ3) is 4.77. The Morgan fingerprint density at radius 1 is 0.786 bits per heavy atom. The summed E-state index contributed by atoms with van der Waals surface area (Å²) in [6, 6.07) is 17.6. The molecule has 0 spiro atoms. The first-order valence-corrected chi connectivity index (χ1v) is 9.75. The maximum absolute atomic E-state index is 12.3. The van der Waals surface area contributed by atoms with Crippen LogP contribution in [-0.2, 0) is 10.0 Å². The van der Waals surface area contributed by atoms with E-state index in [1.165, 1.54) is 66.7 Å². The van der Waals surface area contributed by atoms with Gasteiger partial charge >= 0.3 is 0 Å². The highest BCUT2D eigenvalue weighted by molar-refractivity contribution is 7.92. The lowest BCUT2D eigenvalue weighted by atomic mass is 10.1. The van der Waals surface area contributed by atoms with E-state index in [-0.39, 0.29) is 22.2 Å². The first kappa shape index (κ1) is 19.2. The van der Waals surface area contributed by atoms with Crippen molar-refractivity contribution in [2.24, 2.45) is 0 Å². The van der Waals surface area contributed by atoms with Crippen LogP contribution in [0.15, 0.2) is 83.8 Å². The van der Waals surface area contributed by atoms with Crippen LogP contribution in [0.3, 0.4) is 0 Å². The molecule has 0 aliphatic rings. The van der Waals surface area contributed by atoms with E-state index in [0.717, 1.165) is 5.56 Å². The van der Waals surface area contributed by atoms with Crippen molar-refractivity contribution in [3.63, 3.8) is 0 Å². The number of carbonyl (C=O) groups excluding carboxylic acids is 1. The third-order valence-corrected chi connectivity index (χ3v) is 5.29. The molecule has 3 aromatic carbocycles. The molecule has 0 saturated carbocycles. The highest BCUT2D eigenvalue weighted by atomic mass is 32.2. The van der Waals surface area contributed by atoms with Crippen molar-refractivity contribution in [3.05, 3.63) is 90.0 Å². The molecule has 7 heteroatoms. The van der Waals surface area contributed by atoms with Crippen molar-refractivity contribution < 1.29 is 23.4 Å². The van der Waals surface area contributed by atoms with Crippen LogP contribution in [0.1, 0.15) is 15.9 Å². The summed E-state index contributed by atoms with van der Waals surface area (Å²) in [5.41, 5.74) is 1.49. The van der Waals surface area contributed by atoms with E-state index in [9.17, 15) is 23.4 Å². The number of phenols is 2. The van der Waals surface area contributed by atoms with Crippen LogP contribution in [0.2, 0.25) is 0 Å². The van der Waals surface area contributed by atoms with Gasteiger partial charge in [0.2, 0.25) is 0 Å². The summed E-state index contributed by atoms with van der Waals surface area (Å²) in [5.74, 6) is -0.114. The van der Waals surface area contributed by atoms with Crippen LogP contribution in [0.5, 0.6) is 11.5 Å². The Morgan fingerprint density at radius 3 is 1.89 bits per heavy atom. The minimum Gasteiger partial charge on any atom is -0.508 e. The van der Waals surface area contributed by atoms with Crippen LogP contribution in [0.4, 0.5) is 5.69 Å². The number of rotatable bonds is 6. The van der Waals surface area contributed by atoms with Gasteiger partial charge in [0.05, 0.1) is 4.90 Å². The molecule has 0 amide bonds. The summed E-state index contributed by atoms with van der Waals surface area (Å²) < 4.78 is 27.1. The first-order chi connectivity index (χ1) is 13.3. The minimum absolute atomic E-state index is 0.0160. The lowest BCUT2D eigenvalue weighted by Gasteiger charge is -2.08. The van der Waals surface area contributed by atoms with Gasteiger partial charge in [-0.2, -0.15) is 0 Å². The number of hydrogen-bond acceptors (Lipinski definition) is 5. The smallest absolute Gasteiger partial charge is 0.261 e. The van der Waals surface area contributed by atoms with Gasteiger partial charge in [0.15, 0.2) is 5.78 Å². The predicted octanol–water partition coefficient (Wildman–Crippen LogP) is 3.79. The molecular formula is C21H17NO5S. The van der Waals surface area contributed by atoms with E-state index in [1.54, 1.807) is 18.2 Å². The van der Waals surface area contributed by atoms with Crippen molar-refractivity contribution >= 4 is 27.6 Å². The van der Waals surface area contributed by atoms with Gasteiger partial charge in [0.1, 0.15) is 11.5 Å². The number of allylic oxidation sites excluding steroid dienone is 1. The summed E-state index contributed by atoms with van der Waals surface area (Å²) in [4.78, 5) is 12.3. The predicted molar refractivity (Wildman–Crippen MR) is 107 cm³/mol. The fraction of sp³-hybridized carbons (Fsp3) is 0. The second-order valence-corrected chi connectivity index (χ2v) is 7.65. The highest BCUT2D eigenvalue weighted by Gasteiger charge is 2.14. The van der Waals surface area contributed by atoms with E-state index in [0.29, 0.717) is 11.3 Å². The van der Waals surface area contributed by atoms with Crippen molar-refractivity contribution in [3.8, 4) is 11.5 Å². The van der Waals surface area contributed by atoms with Gasteiger partial charge in [0.25, 0.3) is 10.0 Å². The summed E-state index contributed by atoms with van der Waals surface area (Å²) >= 11 is 0. The summed E-state index contributed by atoms with van der Waals surface area (Å²) in [7, 11) is -3.79. The first-order valence-electron chi connectivity index (χ1n) is 8.27. The molecule has 0 radical (unpaired) electrons. The van der Waals surface area contributed by atoms with Gasteiger partial charge in [-0.1, -0.05) is 18.2 Å². The van der Waals surface area contributed by atoms with E-state index in [1.807, 2.05) is 0 Å². The van der Waals surface area contributed by atoms with E-state index in [4.69, 9.17) is 0 Å². The van der Waals surface area contributed by atoms with Crippen molar-refractivity contribution in [1.82, 2.24) is 0 Å². The Labute approximate surface area is 162 Å². The van der Waals surface area contributed by atoms with Crippen LogP contribution < -0.4 is 4.72 Å². The Hall–Kier alpha value is -3.58. The monoisotopic (exact) mass is 395 g/mol. The topological polar surface area (TPSA) is 104 Å². The number of hydrogen-bond donors (Lipinski definition) is 3. The quantitative estimate of drug-likeness (QED) is 0.435. The zero-order valence-electron chi connectivity index (χ0n) is 14.6. The molecule has 0 bridgehead atoms. The second-order valence-electron chi connectivity index (χ2n) is 5.97. The molecule has 0 heterocycles. The van der Waals surface area contributed by atoms with Gasteiger partial charge in [-0.15, -0.1) is 0 Å². The second kappa shape index (κ2) is 7.98. The summed E-state index contributed by atoms with van der Waals surface area (Å²) in [6.45, 7) is 0. The van der Waals surface area contributed by atoms with Gasteiger partial charge in [-0.05, 0) is 72.3 Å².